The van der Waals surface area contributed by atoms with Crippen LogP contribution in [0, 0.1) is 0 Å². The molecule has 0 fully saturated rings. The van der Waals surface area contributed by atoms with Gasteiger partial charge in [-0.1, -0.05) is 58.4 Å². The number of amides is 1. The van der Waals surface area contributed by atoms with Gasteiger partial charge in [-0.15, -0.1) is 0 Å². The van der Waals surface area contributed by atoms with Gasteiger partial charge >= 0.3 is 0 Å². The molecule has 2 heteroatoms. The molecule has 0 aromatic heterocycles. The van der Waals surface area contributed by atoms with Crippen molar-refractivity contribution in [3.05, 3.63) is 12.7 Å². The van der Waals surface area contributed by atoms with E-state index < -0.39 is 0 Å². The first-order chi connectivity index (χ1) is 7.70. The summed E-state index contributed by atoms with van der Waals surface area (Å²) in [4.78, 5) is 11.0. The standard InChI is InChI=1S/C14H27NO/c1-4-6-7-8-9-10-11-12-13(3)15-14(16)5-2/h5,13H,2,4,6-12H2,1,3H3,(H,15,16). The number of hydrogen-bond acceptors (Lipinski definition) is 1. The van der Waals surface area contributed by atoms with Crippen molar-refractivity contribution < 1.29 is 4.79 Å². The molecule has 0 spiro atoms. The minimum atomic E-state index is -0.0598. The van der Waals surface area contributed by atoms with E-state index in [9.17, 15) is 4.79 Å². The van der Waals surface area contributed by atoms with Crippen LogP contribution in [0.1, 0.15) is 65.2 Å². The van der Waals surface area contributed by atoms with Crippen LogP contribution < -0.4 is 5.32 Å². The average molecular weight is 225 g/mol. The first-order valence-corrected chi connectivity index (χ1v) is 6.63. The van der Waals surface area contributed by atoms with Gasteiger partial charge in [0.15, 0.2) is 0 Å². The van der Waals surface area contributed by atoms with Crippen molar-refractivity contribution in [2.75, 3.05) is 0 Å². The second-order valence-electron chi connectivity index (χ2n) is 4.52. The van der Waals surface area contributed by atoms with E-state index in [4.69, 9.17) is 0 Å². The molecule has 0 aromatic carbocycles. The Bertz CT molecular complexity index is 189. The Morgan fingerprint density at radius 1 is 1.19 bits per heavy atom. The first kappa shape index (κ1) is 15.2. The van der Waals surface area contributed by atoms with Crippen LogP contribution in [0.15, 0.2) is 12.7 Å². The van der Waals surface area contributed by atoms with Gasteiger partial charge in [0.2, 0.25) is 5.91 Å². The molecule has 16 heavy (non-hydrogen) atoms. The van der Waals surface area contributed by atoms with Gasteiger partial charge in [0, 0.05) is 6.04 Å². The number of hydrogen-bond donors (Lipinski definition) is 1. The Hall–Kier alpha value is -0.790. The number of rotatable bonds is 10. The lowest BCUT2D eigenvalue weighted by molar-refractivity contribution is -0.117. The van der Waals surface area contributed by atoms with Crippen molar-refractivity contribution >= 4 is 5.91 Å². The molecule has 94 valence electrons. The summed E-state index contributed by atoms with van der Waals surface area (Å²) in [6.45, 7) is 7.73. The lowest BCUT2D eigenvalue weighted by Gasteiger charge is -2.11. The van der Waals surface area contributed by atoms with Crippen molar-refractivity contribution in [2.45, 2.75) is 71.3 Å². The highest BCUT2D eigenvalue weighted by molar-refractivity contribution is 5.87. The van der Waals surface area contributed by atoms with Crippen LogP contribution in [0.2, 0.25) is 0 Å². The van der Waals surface area contributed by atoms with Crippen LogP contribution in [0.4, 0.5) is 0 Å². The maximum absolute atomic E-state index is 11.0. The minimum absolute atomic E-state index is 0.0598. The zero-order valence-electron chi connectivity index (χ0n) is 10.9. The maximum atomic E-state index is 11.0. The smallest absolute Gasteiger partial charge is 0.243 e. The third-order valence-corrected chi connectivity index (χ3v) is 2.81. The molecule has 0 aliphatic heterocycles. The van der Waals surface area contributed by atoms with Crippen LogP contribution in [0.25, 0.3) is 0 Å². The van der Waals surface area contributed by atoms with E-state index in [-0.39, 0.29) is 11.9 Å². The molecule has 0 radical (unpaired) electrons. The maximum Gasteiger partial charge on any atom is 0.243 e. The second-order valence-corrected chi connectivity index (χ2v) is 4.52. The van der Waals surface area contributed by atoms with Gasteiger partial charge < -0.3 is 5.32 Å². The summed E-state index contributed by atoms with van der Waals surface area (Å²) in [7, 11) is 0. The van der Waals surface area contributed by atoms with Crippen molar-refractivity contribution in [1.82, 2.24) is 5.32 Å². The molecule has 0 heterocycles. The average Bonchev–Trinajstić information content (AvgIpc) is 2.27. The number of unbranched alkanes of at least 4 members (excludes halogenated alkanes) is 6. The van der Waals surface area contributed by atoms with Crippen LogP contribution in [-0.4, -0.2) is 11.9 Å². The molecule has 1 N–H and O–H groups in total. The molecule has 0 saturated carbocycles. The lowest BCUT2D eigenvalue weighted by atomic mass is 10.1. The summed E-state index contributed by atoms with van der Waals surface area (Å²) in [5.74, 6) is -0.0598. The summed E-state index contributed by atoms with van der Waals surface area (Å²) in [6.07, 6.45) is 11.7. The fourth-order valence-corrected chi connectivity index (χ4v) is 1.78. The number of carbonyl (C=O) groups is 1. The van der Waals surface area contributed by atoms with Gasteiger partial charge in [0.05, 0.1) is 0 Å². The van der Waals surface area contributed by atoms with Gasteiger partial charge in [-0.05, 0) is 19.4 Å². The molecule has 1 amide bonds. The molecule has 0 aromatic rings. The molecule has 2 nitrogen and oxygen atoms in total. The quantitative estimate of drug-likeness (QED) is 0.444. The predicted octanol–water partition coefficient (Wildman–Crippen LogP) is 3.82. The highest BCUT2D eigenvalue weighted by Gasteiger charge is 2.03. The molecule has 1 unspecified atom stereocenters. The minimum Gasteiger partial charge on any atom is -0.350 e. The van der Waals surface area contributed by atoms with Gasteiger partial charge in [-0.3, -0.25) is 4.79 Å². The van der Waals surface area contributed by atoms with Crippen LogP contribution in [0.5, 0.6) is 0 Å². The summed E-state index contributed by atoms with van der Waals surface area (Å²) in [5.41, 5.74) is 0. The van der Waals surface area contributed by atoms with E-state index in [1.165, 1.54) is 51.0 Å². The van der Waals surface area contributed by atoms with E-state index in [0.717, 1.165) is 6.42 Å². The van der Waals surface area contributed by atoms with Crippen molar-refractivity contribution in [1.29, 1.82) is 0 Å². The van der Waals surface area contributed by atoms with E-state index >= 15 is 0 Å². The van der Waals surface area contributed by atoms with Gasteiger partial charge in [-0.25, -0.2) is 0 Å². The Morgan fingerprint density at radius 3 is 2.31 bits per heavy atom. The Morgan fingerprint density at radius 2 is 1.75 bits per heavy atom. The normalized spacial score (nSPS) is 12.1. The van der Waals surface area contributed by atoms with Gasteiger partial charge in [0.25, 0.3) is 0 Å². The predicted molar refractivity (Wildman–Crippen MR) is 70.4 cm³/mol. The zero-order chi connectivity index (χ0) is 12.2. The summed E-state index contributed by atoms with van der Waals surface area (Å²) in [5, 5.41) is 2.88. The van der Waals surface area contributed by atoms with Gasteiger partial charge in [-0.2, -0.15) is 0 Å². The zero-order valence-corrected chi connectivity index (χ0v) is 10.9. The largest absolute Gasteiger partial charge is 0.350 e. The van der Waals surface area contributed by atoms with Gasteiger partial charge in [0.1, 0.15) is 0 Å². The fraction of sp³-hybridized carbons (Fsp3) is 0.786. The topological polar surface area (TPSA) is 29.1 Å². The summed E-state index contributed by atoms with van der Waals surface area (Å²) >= 11 is 0. The van der Waals surface area contributed by atoms with Crippen molar-refractivity contribution in [3.63, 3.8) is 0 Å². The van der Waals surface area contributed by atoms with E-state index in [0.29, 0.717) is 0 Å². The number of carbonyl (C=O) groups excluding carboxylic acids is 1. The Balaban J connectivity index is 3.24. The van der Waals surface area contributed by atoms with Crippen LogP contribution in [-0.2, 0) is 4.79 Å². The molecule has 0 aliphatic rings. The highest BCUT2D eigenvalue weighted by atomic mass is 16.1. The highest BCUT2D eigenvalue weighted by Crippen LogP contribution is 2.09. The van der Waals surface area contributed by atoms with E-state index in [2.05, 4.69) is 25.7 Å². The molecule has 1 atom stereocenters. The molecule has 0 saturated heterocycles. The third-order valence-electron chi connectivity index (χ3n) is 2.81. The third kappa shape index (κ3) is 9.75. The second kappa shape index (κ2) is 10.7. The SMILES string of the molecule is C=CC(=O)NC(C)CCCCCCCCC. The van der Waals surface area contributed by atoms with Crippen molar-refractivity contribution in [2.24, 2.45) is 0 Å². The monoisotopic (exact) mass is 225 g/mol. The molecular formula is C14H27NO. The fourth-order valence-electron chi connectivity index (χ4n) is 1.78. The van der Waals surface area contributed by atoms with E-state index in [1.54, 1.807) is 0 Å². The Labute approximate surface area is 101 Å². The summed E-state index contributed by atoms with van der Waals surface area (Å²) < 4.78 is 0. The molecule has 0 aliphatic carbocycles. The van der Waals surface area contributed by atoms with Crippen LogP contribution >= 0.6 is 0 Å². The number of nitrogens with one attached hydrogen (secondary N) is 1. The molecular weight excluding hydrogens is 198 g/mol. The van der Waals surface area contributed by atoms with E-state index in [1.807, 2.05) is 0 Å². The van der Waals surface area contributed by atoms with Crippen LogP contribution in [0.3, 0.4) is 0 Å². The lowest BCUT2D eigenvalue weighted by Crippen LogP contribution is -2.30. The van der Waals surface area contributed by atoms with Crippen molar-refractivity contribution in [3.8, 4) is 0 Å². The molecule has 0 bridgehead atoms. The molecule has 0 rings (SSSR count). The Kier molecular flexibility index (Phi) is 10.2. The first-order valence-electron chi connectivity index (χ1n) is 6.63. The summed E-state index contributed by atoms with van der Waals surface area (Å²) in [6, 6.07) is 0.279.